The van der Waals surface area contributed by atoms with Crippen molar-refractivity contribution in [1.29, 1.82) is 0 Å². The summed E-state index contributed by atoms with van der Waals surface area (Å²) in [5.41, 5.74) is 1.02. The smallest absolute Gasteiger partial charge is 0.257 e. The molecule has 6 heteroatoms. The zero-order chi connectivity index (χ0) is 19.8. The highest BCUT2D eigenvalue weighted by atomic mass is 16.2. The third-order valence-electron chi connectivity index (χ3n) is 7.24. The number of pyridine rings is 1. The number of aromatic nitrogens is 3. The lowest BCUT2D eigenvalue weighted by Gasteiger charge is -2.56. The van der Waals surface area contributed by atoms with Crippen LogP contribution in [0.5, 0.6) is 0 Å². The number of amides is 1. The van der Waals surface area contributed by atoms with E-state index in [1.165, 1.54) is 19.3 Å². The number of hydrogen-bond acceptors (Lipinski definition) is 3. The minimum Gasteiger partial charge on any atom is -0.346 e. The van der Waals surface area contributed by atoms with Crippen molar-refractivity contribution in [3.8, 4) is 0 Å². The van der Waals surface area contributed by atoms with Crippen LogP contribution in [0.25, 0.3) is 11.0 Å². The van der Waals surface area contributed by atoms with E-state index in [1.807, 2.05) is 27.8 Å². The Kier molecular flexibility index (Phi) is 3.66. The van der Waals surface area contributed by atoms with Crippen LogP contribution in [0.4, 0.5) is 0 Å². The van der Waals surface area contributed by atoms with Crippen LogP contribution in [0.3, 0.4) is 0 Å². The Morgan fingerprint density at radius 3 is 2.29 bits per heavy atom. The Labute approximate surface area is 165 Å². The quantitative estimate of drug-likeness (QED) is 0.837. The summed E-state index contributed by atoms with van der Waals surface area (Å²) in [5.74, 6) is 2.02. The summed E-state index contributed by atoms with van der Waals surface area (Å²) in [5, 5.41) is 8.42. The molecule has 2 heterocycles. The number of nitrogens with zero attached hydrogens (tertiary/aromatic N) is 2. The number of fused-ring (bicyclic) bond motifs is 1. The molecule has 2 aromatic heterocycles. The molecule has 0 radical (unpaired) electrons. The molecule has 6 nitrogen and oxygen atoms in total. The van der Waals surface area contributed by atoms with E-state index in [0.717, 1.165) is 42.7 Å². The fraction of sp³-hybridized carbons (Fsp3) is 0.682. The van der Waals surface area contributed by atoms with Crippen molar-refractivity contribution in [1.82, 2.24) is 20.1 Å². The lowest BCUT2D eigenvalue weighted by molar-refractivity contribution is -0.0167. The largest absolute Gasteiger partial charge is 0.346 e. The highest BCUT2D eigenvalue weighted by Crippen LogP contribution is 2.55. The summed E-state index contributed by atoms with van der Waals surface area (Å²) in [6, 6.07) is 0. The number of H-pyrrole nitrogens is 1. The first-order valence-corrected chi connectivity index (χ1v) is 10.6. The van der Waals surface area contributed by atoms with Crippen LogP contribution in [0, 0.1) is 17.8 Å². The predicted octanol–water partition coefficient (Wildman–Crippen LogP) is 3.26. The van der Waals surface area contributed by atoms with Gasteiger partial charge in [-0.15, -0.1) is 0 Å². The van der Waals surface area contributed by atoms with Gasteiger partial charge in [0.25, 0.3) is 5.91 Å². The molecule has 4 saturated carbocycles. The third kappa shape index (κ3) is 2.64. The molecule has 1 amide bonds. The molecule has 0 saturated heterocycles. The molecule has 0 unspecified atom stereocenters. The van der Waals surface area contributed by atoms with Crippen molar-refractivity contribution in [2.24, 2.45) is 24.8 Å². The third-order valence-corrected chi connectivity index (χ3v) is 7.24. The van der Waals surface area contributed by atoms with Crippen molar-refractivity contribution >= 4 is 16.9 Å². The average Bonchev–Trinajstić information content (AvgIpc) is 2.91. The molecule has 4 aliphatic rings. The minimum atomic E-state index is -0.276. The summed E-state index contributed by atoms with van der Waals surface area (Å²) in [6.07, 6.45) is 8.76. The summed E-state index contributed by atoms with van der Waals surface area (Å²) < 4.78 is 1.69. The van der Waals surface area contributed by atoms with E-state index in [9.17, 15) is 9.59 Å². The van der Waals surface area contributed by atoms with Gasteiger partial charge in [-0.2, -0.15) is 5.10 Å². The Bertz CT molecular complexity index is 988. The average molecular weight is 383 g/mol. The van der Waals surface area contributed by atoms with Crippen LogP contribution < -0.4 is 10.7 Å². The molecule has 0 aromatic carbocycles. The second kappa shape index (κ2) is 5.71. The topological polar surface area (TPSA) is 79.8 Å². The Morgan fingerprint density at radius 2 is 1.75 bits per heavy atom. The molecule has 4 fully saturated rings. The Hall–Kier alpha value is -2.11. The van der Waals surface area contributed by atoms with Gasteiger partial charge in [-0.05, 0) is 56.3 Å². The van der Waals surface area contributed by atoms with Gasteiger partial charge in [0.15, 0.2) is 0 Å². The van der Waals surface area contributed by atoms with Gasteiger partial charge < -0.3 is 10.3 Å². The van der Waals surface area contributed by atoms with Crippen molar-refractivity contribution in [3.63, 3.8) is 0 Å². The zero-order valence-corrected chi connectivity index (χ0v) is 17.3. The maximum absolute atomic E-state index is 13.3. The van der Waals surface area contributed by atoms with Crippen LogP contribution in [0.1, 0.15) is 75.3 Å². The fourth-order valence-corrected chi connectivity index (χ4v) is 6.51. The van der Waals surface area contributed by atoms with Gasteiger partial charge in [0.1, 0.15) is 11.2 Å². The molecule has 0 spiro atoms. The molecule has 0 atom stereocenters. The number of aromatic amines is 1. The van der Waals surface area contributed by atoms with Gasteiger partial charge in [0.05, 0.1) is 11.1 Å². The molecular formula is C22H30N4O2. The molecule has 2 aromatic rings. The first-order valence-electron chi connectivity index (χ1n) is 10.6. The van der Waals surface area contributed by atoms with E-state index in [2.05, 4.69) is 15.4 Å². The molecule has 4 bridgehead atoms. The van der Waals surface area contributed by atoms with Crippen LogP contribution in [-0.2, 0) is 12.5 Å². The first-order chi connectivity index (χ1) is 13.2. The number of hydrogen-bond donors (Lipinski definition) is 2. The van der Waals surface area contributed by atoms with E-state index < -0.39 is 0 Å². The highest BCUT2D eigenvalue weighted by molar-refractivity contribution is 5.97. The SMILES string of the molecule is Cn1nc(C(C)(C)C)c2c(=O)c(C(=O)NC34CC5CC(CC(C5)C3)C4)c[nH]c21. The van der Waals surface area contributed by atoms with Crippen molar-refractivity contribution in [2.75, 3.05) is 0 Å². The highest BCUT2D eigenvalue weighted by Gasteiger charge is 2.51. The molecule has 6 rings (SSSR count). The number of nitrogens with one attached hydrogen (secondary N) is 2. The maximum Gasteiger partial charge on any atom is 0.257 e. The van der Waals surface area contributed by atoms with Crippen LogP contribution >= 0.6 is 0 Å². The van der Waals surface area contributed by atoms with Gasteiger partial charge in [0, 0.05) is 24.2 Å². The van der Waals surface area contributed by atoms with Gasteiger partial charge in [0.2, 0.25) is 5.43 Å². The number of rotatable bonds is 2. The van der Waals surface area contributed by atoms with Crippen LogP contribution in [0.2, 0.25) is 0 Å². The summed E-state index contributed by atoms with van der Waals surface area (Å²) >= 11 is 0. The fourth-order valence-electron chi connectivity index (χ4n) is 6.51. The zero-order valence-electron chi connectivity index (χ0n) is 17.3. The van der Waals surface area contributed by atoms with E-state index in [0.29, 0.717) is 11.0 Å². The van der Waals surface area contributed by atoms with Crippen molar-refractivity contribution < 1.29 is 4.79 Å². The lowest BCUT2D eigenvalue weighted by atomic mass is 9.53. The molecule has 2 N–H and O–H groups in total. The maximum atomic E-state index is 13.3. The van der Waals surface area contributed by atoms with Crippen LogP contribution in [-0.4, -0.2) is 26.2 Å². The van der Waals surface area contributed by atoms with Gasteiger partial charge in [-0.3, -0.25) is 14.3 Å². The van der Waals surface area contributed by atoms with Gasteiger partial charge >= 0.3 is 0 Å². The lowest BCUT2D eigenvalue weighted by Crippen LogP contribution is -2.60. The summed E-state index contributed by atoms with van der Waals surface area (Å²) in [6.45, 7) is 6.11. The van der Waals surface area contributed by atoms with Crippen molar-refractivity contribution in [2.45, 2.75) is 70.3 Å². The van der Waals surface area contributed by atoms with Crippen LogP contribution in [0.15, 0.2) is 11.0 Å². The normalized spacial score (nSPS) is 31.5. The summed E-state index contributed by atoms with van der Waals surface area (Å²) in [4.78, 5) is 29.7. The second-order valence-corrected chi connectivity index (χ2v) is 10.6. The van der Waals surface area contributed by atoms with Crippen molar-refractivity contribution in [3.05, 3.63) is 27.7 Å². The molecule has 150 valence electrons. The first kappa shape index (κ1) is 18.0. The number of carbonyl (C=O) groups excluding carboxylic acids is 1. The van der Waals surface area contributed by atoms with E-state index in [-0.39, 0.29) is 27.9 Å². The predicted molar refractivity (Wildman–Crippen MR) is 108 cm³/mol. The molecule has 28 heavy (non-hydrogen) atoms. The standard InChI is InChI=1S/C22H30N4O2/c1-21(2,3)18-16-17(27)15(11-23-19(16)26(4)25-18)20(28)24-22-8-12-5-13(9-22)7-14(6-12)10-22/h11-14H,5-10H2,1-4H3,(H,23,27)(H,24,28). The van der Waals surface area contributed by atoms with Gasteiger partial charge in [-0.25, -0.2) is 0 Å². The van der Waals surface area contributed by atoms with E-state index in [4.69, 9.17) is 0 Å². The number of aryl methyl sites for hydroxylation is 1. The number of carbonyl (C=O) groups is 1. The second-order valence-electron chi connectivity index (χ2n) is 10.6. The Morgan fingerprint density at radius 1 is 1.18 bits per heavy atom. The molecule has 0 aliphatic heterocycles. The van der Waals surface area contributed by atoms with Gasteiger partial charge in [-0.1, -0.05) is 20.8 Å². The van der Waals surface area contributed by atoms with E-state index in [1.54, 1.807) is 10.9 Å². The molecule has 4 aliphatic carbocycles. The molecular weight excluding hydrogens is 352 g/mol. The monoisotopic (exact) mass is 382 g/mol. The Balaban J connectivity index is 1.52. The minimum absolute atomic E-state index is 0.102. The van der Waals surface area contributed by atoms with E-state index >= 15 is 0 Å². The summed E-state index contributed by atoms with van der Waals surface area (Å²) in [7, 11) is 1.82.